The molecule has 0 aromatic heterocycles. The van der Waals surface area contributed by atoms with Gasteiger partial charge in [0.1, 0.15) is 11.6 Å². The normalized spacial score (nSPS) is 9.89. The highest BCUT2D eigenvalue weighted by Crippen LogP contribution is 2.18. The first kappa shape index (κ1) is 12.4. The van der Waals surface area contributed by atoms with Gasteiger partial charge in [0.15, 0.2) is 0 Å². The van der Waals surface area contributed by atoms with Gasteiger partial charge in [-0.05, 0) is 30.3 Å². The van der Waals surface area contributed by atoms with Crippen molar-refractivity contribution in [2.24, 2.45) is 0 Å². The topological polar surface area (TPSA) is 38.3 Å². The van der Waals surface area contributed by atoms with Crippen molar-refractivity contribution in [3.63, 3.8) is 0 Å². The molecule has 0 fully saturated rings. The van der Waals surface area contributed by atoms with Crippen LogP contribution >= 0.6 is 11.6 Å². The number of ether oxygens (including phenoxy) is 1. The second kappa shape index (κ2) is 5.51. The Hall–Kier alpha value is -2.07. The van der Waals surface area contributed by atoms with Gasteiger partial charge in [-0.25, -0.2) is 9.18 Å². The second-order valence-corrected chi connectivity index (χ2v) is 3.92. The van der Waals surface area contributed by atoms with E-state index in [0.717, 1.165) is 12.1 Å². The summed E-state index contributed by atoms with van der Waals surface area (Å²) in [5.74, 6) is -0.130. The Morgan fingerprint density at radius 2 is 1.89 bits per heavy atom. The molecular formula is C13H9ClFNO2. The molecule has 3 nitrogen and oxygen atoms in total. The largest absolute Gasteiger partial charge is 0.417 e. The Bertz CT molecular complexity index is 540. The summed E-state index contributed by atoms with van der Waals surface area (Å²) in [5, 5.41) is 2.59. The van der Waals surface area contributed by atoms with Crippen molar-refractivity contribution >= 4 is 23.4 Å². The molecule has 18 heavy (non-hydrogen) atoms. The van der Waals surface area contributed by atoms with Gasteiger partial charge in [-0.3, -0.25) is 5.32 Å². The van der Waals surface area contributed by atoms with Gasteiger partial charge >= 0.3 is 6.09 Å². The lowest BCUT2D eigenvalue weighted by Crippen LogP contribution is -2.16. The molecule has 1 amide bonds. The number of halogens is 2. The molecule has 0 aliphatic heterocycles. The van der Waals surface area contributed by atoms with E-state index in [1.165, 1.54) is 6.07 Å². The van der Waals surface area contributed by atoms with Gasteiger partial charge in [-0.15, -0.1) is 0 Å². The summed E-state index contributed by atoms with van der Waals surface area (Å²) in [5.41, 5.74) is 0.237. The van der Waals surface area contributed by atoms with Crippen LogP contribution in [-0.2, 0) is 0 Å². The predicted molar refractivity (Wildman–Crippen MR) is 67.5 cm³/mol. The standard InChI is InChI=1S/C13H9ClFNO2/c14-9-6-10(15)8-11(7-9)16-13(17)18-12-4-2-1-3-5-12/h1-8H,(H,16,17). The van der Waals surface area contributed by atoms with Crippen LogP contribution in [0.1, 0.15) is 0 Å². The van der Waals surface area contributed by atoms with E-state index >= 15 is 0 Å². The highest BCUT2D eigenvalue weighted by molar-refractivity contribution is 6.30. The summed E-state index contributed by atoms with van der Waals surface area (Å²) in [6.45, 7) is 0. The number of hydrogen-bond acceptors (Lipinski definition) is 2. The molecule has 0 saturated carbocycles. The van der Waals surface area contributed by atoms with Gasteiger partial charge in [0.25, 0.3) is 0 Å². The summed E-state index contributed by atoms with van der Waals surface area (Å²) in [6, 6.07) is 12.3. The van der Waals surface area contributed by atoms with Crippen molar-refractivity contribution in [3.8, 4) is 5.75 Å². The number of anilines is 1. The highest BCUT2D eigenvalue weighted by atomic mass is 35.5. The first-order valence-electron chi connectivity index (χ1n) is 5.13. The molecule has 2 aromatic rings. The van der Waals surface area contributed by atoms with Crippen LogP contribution in [-0.4, -0.2) is 6.09 Å². The molecule has 0 aliphatic rings. The number of benzene rings is 2. The zero-order valence-corrected chi connectivity index (χ0v) is 9.95. The maximum Gasteiger partial charge on any atom is 0.417 e. The summed E-state index contributed by atoms with van der Waals surface area (Å²) in [7, 11) is 0. The van der Waals surface area contributed by atoms with Crippen molar-refractivity contribution in [2.75, 3.05) is 5.32 Å². The van der Waals surface area contributed by atoms with Crippen LogP contribution in [0.2, 0.25) is 5.02 Å². The van der Waals surface area contributed by atoms with Crippen molar-refractivity contribution in [2.45, 2.75) is 0 Å². The van der Waals surface area contributed by atoms with E-state index in [4.69, 9.17) is 16.3 Å². The van der Waals surface area contributed by atoms with E-state index in [0.29, 0.717) is 5.75 Å². The molecule has 0 spiro atoms. The molecule has 1 N–H and O–H groups in total. The zero-order valence-electron chi connectivity index (χ0n) is 9.19. The predicted octanol–water partition coefficient (Wildman–Crippen LogP) is 4.09. The minimum absolute atomic E-state index is 0.199. The fourth-order valence-electron chi connectivity index (χ4n) is 1.36. The van der Waals surface area contributed by atoms with Crippen molar-refractivity contribution in [1.82, 2.24) is 0 Å². The number of amides is 1. The summed E-state index contributed by atoms with van der Waals surface area (Å²) in [4.78, 5) is 11.5. The summed E-state index contributed by atoms with van der Waals surface area (Å²) in [6.07, 6.45) is -0.706. The third-order valence-corrected chi connectivity index (χ3v) is 2.28. The quantitative estimate of drug-likeness (QED) is 0.888. The molecule has 2 aromatic carbocycles. The average Bonchev–Trinajstić information content (AvgIpc) is 2.28. The molecule has 0 bridgehead atoms. The fraction of sp³-hybridized carbons (Fsp3) is 0. The third kappa shape index (κ3) is 3.46. The fourth-order valence-corrected chi connectivity index (χ4v) is 1.59. The van der Waals surface area contributed by atoms with Crippen LogP contribution in [0.15, 0.2) is 48.5 Å². The number of nitrogens with one attached hydrogen (secondary N) is 1. The molecule has 0 heterocycles. The van der Waals surface area contributed by atoms with Crippen LogP contribution in [0.4, 0.5) is 14.9 Å². The zero-order chi connectivity index (χ0) is 13.0. The molecule has 2 rings (SSSR count). The molecule has 0 atom stereocenters. The van der Waals surface area contributed by atoms with E-state index in [-0.39, 0.29) is 10.7 Å². The Labute approximate surface area is 108 Å². The van der Waals surface area contributed by atoms with Crippen molar-refractivity contribution in [3.05, 3.63) is 59.4 Å². The Morgan fingerprint density at radius 1 is 1.17 bits per heavy atom. The Kier molecular flexibility index (Phi) is 3.79. The SMILES string of the molecule is O=C(Nc1cc(F)cc(Cl)c1)Oc1ccccc1. The lowest BCUT2D eigenvalue weighted by Gasteiger charge is -2.06. The first-order valence-corrected chi connectivity index (χ1v) is 5.51. The molecule has 0 unspecified atom stereocenters. The maximum absolute atomic E-state index is 13.0. The molecule has 92 valence electrons. The number of hydrogen-bond donors (Lipinski definition) is 1. The van der Waals surface area contributed by atoms with Gasteiger partial charge in [0.2, 0.25) is 0 Å². The monoisotopic (exact) mass is 265 g/mol. The van der Waals surface area contributed by atoms with Crippen LogP contribution in [0.25, 0.3) is 0 Å². The molecule has 0 saturated heterocycles. The summed E-state index contributed by atoms with van der Waals surface area (Å²) < 4.78 is 18.0. The summed E-state index contributed by atoms with van der Waals surface area (Å²) >= 11 is 5.66. The van der Waals surface area contributed by atoms with E-state index in [1.54, 1.807) is 30.3 Å². The lowest BCUT2D eigenvalue weighted by atomic mass is 10.3. The van der Waals surface area contributed by atoms with Crippen LogP contribution in [0.3, 0.4) is 0 Å². The van der Waals surface area contributed by atoms with E-state index in [2.05, 4.69) is 5.32 Å². The smallest absolute Gasteiger partial charge is 0.410 e. The van der Waals surface area contributed by atoms with Crippen molar-refractivity contribution < 1.29 is 13.9 Å². The first-order chi connectivity index (χ1) is 8.63. The molecule has 5 heteroatoms. The number of carbonyl (C=O) groups is 1. The van der Waals surface area contributed by atoms with Crippen LogP contribution in [0.5, 0.6) is 5.75 Å². The molecular weight excluding hydrogens is 257 g/mol. The van der Waals surface area contributed by atoms with E-state index < -0.39 is 11.9 Å². The van der Waals surface area contributed by atoms with Gasteiger partial charge in [0, 0.05) is 10.7 Å². The third-order valence-electron chi connectivity index (χ3n) is 2.06. The van der Waals surface area contributed by atoms with E-state index in [1.807, 2.05) is 0 Å². The average molecular weight is 266 g/mol. The van der Waals surface area contributed by atoms with Crippen LogP contribution in [0, 0.1) is 5.82 Å². The lowest BCUT2D eigenvalue weighted by molar-refractivity contribution is 0.215. The second-order valence-electron chi connectivity index (χ2n) is 3.49. The van der Waals surface area contributed by atoms with Crippen molar-refractivity contribution in [1.29, 1.82) is 0 Å². The maximum atomic E-state index is 13.0. The highest BCUT2D eigenvalue weighted by Gasteiger charge is 2.06. The van der Waals surface area contributed by atoms with Gasteiger partial charge in [-0.1, -0.05) is 29.8 Å². The number of para-hydroxylation sites is 1. The van der Waals surface area contributed by atoms with Gasteiger partial charge in [-0.2, -0.15) is 0 Å². The van der Waals surface area contributed by atoms with Gasteiger partial charge in [0.05, 0.1) is 0 Å². The van der Waals surface area contributed by atoms with E-state index in [9.17, 15) is 9.18 Å². The number of rotatable bonds is 2. The Morgan fingerprint density at radius 3 is 2.56 bits per heavy atom. The van der Waals surface area contributed by atoms with Crippen LogP contribution < -0.4 is 10.1 Å². The number of carbonyl (C=O) groups excluding carboxylic acids is 1. The molecule has 0 radical (unpaired) electrons. The minimum Gasteiger partial charge on any atom is -0.410 e. The minimum atomic E-state index is -0.706. The van der Waals surface area contributed by atoms with Gasteiger partial charge < -0.3 is 4.74 Å². The molecule has 0 aliphatic carbocycles. The Balaban J connectivity index is 2.03.